The minimum absolute atomic E-state index is 0.0450. The molecule has 0 radical (unpaired) electrons. The molecule has 1 aliphatic rings. The molecule has 0 amide bonds. The first-order valence-electron chi connectivity index (χ1n) is 8.91. The molecule has 1 fully saturated rings. The van der Waals surface area contributed by atoms with Crippen LogP contribution in [0.2, 0.25) is 0 Å². The number of nitrogens with one attached hydrogen (secondary N) is 2. The lowest BCUT2D eigenvalue weighted by atomic mass is 10.0. The van der Waals surface area contributed by atoms with Crippen LogP contribution in [0.25, 0.3) is 0 Å². The molecule has 2 heterocycles. The van der Waals surface area contributed by atoms with Crippen molar-refractivity contribution in [3.63, 3.8) is 0 Å². The maximum Gasteiger partial charge on any atom is 0.191 e. The van der Waals surface area contributed by atoms with Gasteiger partial charge in [0.25, 0.3) is 0 Å². The van der Waals surface area contributed by atoms with Gasteiger partial charge in [-0.3, -0.25) is 14.8 Å². The summed E-state index contributed by atoms with van der Waals surface area (Å²) in [7, 11) is 5.90. The zero-order chi connectivity index (χ0) is 18.3. The second-order valence-electron chi connectivity index (χ2n) is 7.21. The standard InChI is InChI=1S/C18H33N5O2/c1-18(2,23-8-11-24-12-9-23)14-21-17(19-3)20-13-15(22(4)5)16-7-6-10-25-16/h6-7,10,15H,8-9,11-14H2,1-5H3,(H2,19,20,21). The molecular formula is C18H33N5O2. The van der Waals surface area contributed by atoms with Crippen LogP contribution in [0, 0.1) is 0 Å². The van der Waals surface area contributed by atoms with Crippen molar-refractivity contribution >= 4 is 5.96 Å². The lowest BCUT2D eigenvalue weighted by Gasteiger charge is -2.41. The van der Waals surface area contributed by atoms with Crippen LogP contribution < -0.4 is 10.6 Å². The molecule has 2 rings (SSSR count). The van der Waals surface area contributed by atoms with Gasteiger partial charge in [-0.15, -0.1) is 0 Å². The van der Waals surface area contributed by atoms with E-state index in [0.29, 0.717) is 0 Å². The summed E-state index contributed by atoms with van der Waals surface area (Å²) in [5.41, 5.74) is 0.0450. The predicted octanol–water partition coefficient (Wildman–Crippen LogP) is 1.16. The van der Waals surface area contributed by atoms with Gasteiger partial charge in [-0.05, 0) is 40.1 Å². The summed E-state index contributed by atoms with van der Waals surface area (Å²) in [5.74, 6) is 1.75. The lowest BCUT2D eigenvalue weighted by Crippen LogP contribution is -2.56. The highest BCUT2D eigenvalue weighted by Crippen LogP contribution is 2.18. The van der Waals surface area contributed by atoms with Crippen LogP contribution in [-0.2, 0) is 4.74 Å². The molecular weight excluding hydrogens is 318 g/mol. The van der Waals surface area contributed by atoms with E-state index in [9.17, 15) is 0 Å². The van der Waals surface area contributed by atoms with Crippen LogP contribution in [0.5, 0.6) is 0 Å². The first kappa shape index (κ1) is 19.8. The van der Waals surface area contributed by atoms with Gasteiger partial charge in [-0.25, -0.2) is 0 Å². The Hall–Kier alpha value is -1.57. The number of nitrogens with zero attached hydrogens (tertiary/aromatic N) is 3. The van der Waals surface area contributed by atoms with Crippen molar-refractivity contribution in [3.05, 3.63) is 24.2 Å². The van der Waals surface area contributed by atoms with Crippen molar-refractivity contribution in [1.29, 1.82) is 0 Å². The van der Waals surface area contributed by atoms with Gasteiger partial charge in [0, 0.05) is 38.8 Å². The Morgan fingerprint density at radius 2 is 2.04 bits per heavy atom. The number of aliphatic imine (C=N–C) groups is 1. The number of hydrogen-bond donors (Lipinski definition) is 2. The molecule has 1 atom stereocenters. The predicted molar refractivity (Wildman–Crippen MR) is 101 cm³/mol. The topological polar surface area (TPSA) is 65.3 Å². The first-order valence-corrected chi connectivity index (χ1v) is 8.91. The molecule has 0 bridgehead atoms. The zero-order valence-electron chi connectivity index (χ0n) is 16.2. The van der Waals surface area contributed by atoms with Crippen LogP contribution in [0.15, 0.2) is 27.8 Å². The average Bonchev–Trinajstić information content (AvgIpc) is 3.12. The third-order valence-corrected chi connectivity index (χ3v) is 4.74. The maximum absolute atomic E-state index is 5.56. The maximum atomic E-state index is 5.56. The van der Waals surface area contributed by atoms with E-state index in [1.54, 1.807) is 13.3 Å². The molecule has 1 unspecified atom stereocenters. The van der Waals surface area contributed by atoms with Crippen molar-refractivity contribution in [2.45, 2.75) is 25.4 Å². The van der Waals surface area contributed by atoms with Gasteiger partial charge in [-0.1, -0.05) is 0 Å². The molecule has 142 valence electrons. The van der Waals surface area contributed by atoms with Crippen LogP contribution in [0.1, 0.15) is 25.6 Å². The molecule has 0 aromatic carbocycles. The van der Waals surface area contributed by atoms with Crippen molar-refractivity contribution in [3.8, 4) is 0 Å². The number of ether oxygens (including phenoxy) is 1. The van der Waals surface area contributed by atoms with Gasteiger partial charge in [0.1, 0.15) is 5.76 Å². The Morgan fingerprint density at radius 1 is 1.32 bits per heavy atom. The van der Waals surface area contributed by atoms with Gasteiger partial charge in [0.2, 0.25) is 0 Å². The molecule has 1 aliphatic heterocycles. The number of rotatable bonds is 7. The summed E-state index contributed by atoms with van der Waals surface area (Å²) in [6, 6.07) is 4.08. The van der Waals surface area contributed by atoms with E-state index in [2.05, 4.69) is 39.3 Å². The van der Waals surface area contributed by atoms with Crippen molar-refractivity contribution in [2.24, 2.45) is 4.99 Å². The first-order chi connectivity index (χ1) is 11.9. The molecule has 0 saturated carbocycles. The van der Waals surface area contributed by atoms with E-state index in [1.165, 1.54) is 0 Å². The van der Waals surface area contributed by atoms with E-state index >= 15 is 0 Å². The van der Waals surface area contributed by atoms with E-state index in [0.717, 1.165) is 51.1 Å². The zero-order valence-corrected chi connectivity index (χ0v) is 16.2. The minimum Gasteiger partial charge on any atom is -0.468 e. The molecule has 1 aromatic rings. The van der Waals surface area contributed by atoms with Gasteiger partial charge in [0.05, 0.1) is 25.5 Å². The fourth-order valence-corrected chi connectivity index (χ4v) is 3.01. The van der Waals surface area contributed by atoms with Crippen molar-refractivity contribution in [2.75, 3.05) is 60.5 Å². The van der Waals surface area contributed by atoms with E-state index in [-0.39, 0.29) is 11.6 Å². The van der Waals surface area contributed by atoms with Crippen LogP contribution in [0.3, 0.4) is 0 Å². The van der Waals surface area contributed by atoms with Gasteiger partial charge in [-0.2, -0.15) is 0 Å². The number of morpholine rings is 1. The Morgan fingerprint density at radius 3 is 2.60 bits per heavy atom. The summed E-state index contributed by atoms with van der Waals surface area (Å²) in [5, 5.41) is 6.86. The van der Waals surface area contributed by atoms with Gasteiger partial charge >= 0.3 is 0 Å². The number of guanidine groups is 1. The molecule has 2 N–H and O–H groups in total. The van der Waals surface area contributed by atoms with Gasteiger partial charge < -0.3 is 19.8 Å². The lowest BCUT2D eigenvalue weighted by molar-refractivity contribution is -0.00834. The monoisotopic (exact) mass is 351 g/mol. The molecule has 7 nitrogen and oxygen atoms in total. The quantitative estimate of drug-likeness (QED) is 0.568. The molecule has 7 heteroatoms. The van der Waals surface area contributed by atoms with Crippen LogP contribution in [0.4, 0.5) is 0 Å². The van der Waals surface area contributed by atoms with Crippen LogP contribution >= 0.6 is 0 Å². The Labute approximate surface area is 151 Å². The van der Waals surface area contributed by atoms with E-state index < -0.39 is 0 Å². The second kappa shape index (κ2) is 9.22. The Bertz CT molecular complexity index is 522. The molecule has 1 aromatic heterocycles. The Kier molecular flexibility index (Phi) is 7.28. The smallest absolute Gasteiger partial charge is 0.191 e. The fourth-order valence-electron chi connectivity index (χ4n) is 3.01. The summed E-state index contributed by atoms with van der Waals surface area (Å²) in [6.45, 7) is 9.62. The highest BCUT2D eigenvalue weighted by atomic mass is 16.5. The summed E-state index contributed by atoms with van der Waals surface area (Å²) in [4.78, 5) is 8.95. The summed E-state index contributed by atoms with van der Waals surface area (Å²) >= 11 is 0. The number of hydrogen-bond acceptors (Lipinski definition) is 5. The van der Waals surface area contributed by atoms with Crippen molar-refractivity contribution in [1.82, 2.24) is 20.4 Å². The molecule has 0 spiro atoms. The number of furan rings is 1. The highest BCUT2D eigenvalue weighted by molar-refractivity contribution is 5.79. The largest absolute Gasteiger partial charge is 0.468 e. The van der Waals surface area contributed by atoms with E-state index in [1.807, 2.05) is 26.2 Å². The van der Waals surface area contributed by atoms with Gasteiger partial charge in [0.15, 0.2) is 5.96 Å². The van der Waals surface area contributed by atoms with E-state index in [4.69, 9.17) is 9.15 Å². The third-order valence-electron chi connectivity index (χ3n) is 4.74. The van der Waals surface area contributed by atoms with Crippen molar-refractivity contribution < 1.29 is 9.15 Å². The number of likely N-dealkylation sites (N-methyl/N-ethyl adjacent to an activating group) is 1. The molecule has 1 saturated heterocycles. The minimum atomic E-state index is 0.0450. The summed E-state index contributed by atoms with van der Waals surface area (Å²) in [6.07, 6.45) is 1.71. The third kappa shape index (κ3) is 5.73. The summed E-state index contributed by atoms with van der Waals surface area (Å²) < 4.78 is 11.0. The molecule has 25 heavy (non-hydrogen) atoms. The average molecular weight is 351 g/mol. The SMILES string of the molecule is CN=C(NCC(c1ccco1)N(C)C)NCC(C)(C)N1CCOCC1. The highest BCUT2D eigenvalue weighted by Gasteiger charge is 2.28. The molecule has 0 aliphatic carbocycles. The van der Waals surface area contributed by atoms with Crippen LogP contribution in [-0.4, -0.2) is 81.8 Å². The Balaban J connectivity index is 1.85. The fraction of sp³-hybridized carbons (Fsp3) is 0.722. The normalized spacial score (nSPS) is 18.4. The second-order valence-corrected chi connectivity index (χ2v) is 7.21.